The van der Waals surface area contributed by atoms with Gasteiger partial charge in [0.1, 0.15) is 6.10 Å². The van der Waals surface area contributed by atoms with Crippen LogP contribution in [-0.2, 0) is 6.54 Å². The number of nitrogens with one attached hydrogen (secondary N) is 1. The van der Waals surface area contributed by atoms with E-state index in [0.717, 1.165) is 5.56 Å². The van der Waals surface area contributed by atoms with Crippen molar-refractivity contribution in [3.63, 3.8) is 0 Å². The molecule has 1 unspecified atom stereocenters. The molecule has 3 aromatic rings. The Balaban J connectivity index is 1.96. The quantitative estimate of drug-likeness (QED) is 0.764. The van der Waals surface area contributed by atoms with Crippen LogP contribution in [-0.4, -0.2) is 19.9 Å². The summed E-state index contributed by atoms with van der Waals surface area (Å²) >= 11 is 0. The molecule has 2 aromatic carbocycles. The average molecular weight is 281 g/mol. The Kier molecular flexibility index (Phi) is 3.66. The van der Waals surface area contributed by atoms with Crippen LogP contribution in [0.5, 0.6) is 0 Å². The third-order valence-corrected chi connectivity index (χ3v) is 3.33. The number of hydrogen-bond donors (Lipinski definition) is 2. The normalized spacial score (nSPS) is 12.2. The summed E-state index contributed by atoms with van der Waals surface area (Å²) in [6.45, 7) is 0.370. The average Bonchev–Trinajstić information content (AvgIpc) is 2.90. The SMILES string of the molecule is O=c1[nH]nc(C(O)c2ccccc2)n1Cc1ccccc1. The molecule has 1 atom stereocenters. The van der Waals surface area contributed by atoms with Gasteiger partial charge in [0.05, 0.1) is 6.54 Å². The second-order valence-electron chi connectivity index (χ2n) is 4.77. The van der Waals surface area contributed by atoms with Crippen LogP contribution in [0.2, 0.25) is 0 Å². The van der Waals surface area contributed by atoms with E-state index in [9.17, 15) is 9.90 Å². The number of aliphatic hydroxyl groups excluding tert-OH is 1. The Bertz CT molecular complexity index is 763. The molecule has 1 heterocycles. The third-order valence-electron chi connectivity index (χ3n) is 3.33. The molecule has 0 bridgehead atoms. The van der Waals surface area contributed by atoms with Gasteiger partial charge in [0.15, 0.2) is 5.82 Å². The number of aliphatic hydroxyl groups is 1. The lowest BCUT2D eigenvalue weighted by molar-refractivity contribution is 0.204. The van der Waals surface area contributed by atoms with Gasteiger partial charge < -0.3 is 5.11 Å². The maximum atomic E-state index is 11.9. The second-order valence-corrected chi connectivity index (χ2v) is 4.77. The maximum Gasteiger partial charge on any atom is 0.343 e. The summed E-state index contributed by atoms with van der Waals surface area (Å²) in [5.74, 6) is 0.315. The summed E-state index contributed by atoms with van der Waals surface area (Å²) in [5, 5.41) is 16.8. The molecule has 0 fully saturated rings. The van der Waals surface area contributed by atoms with Gasteiger partial charge >= 0.3 is 5.69 Å². The molecule has 0 saturated heterocycles. The summed E-state index contributed by atoms with van der Waals surface area (Å²) < 4.78 is 1.45. The molecule has 5 heteroatoms. The van der Waals surface area contributed by atoms with Crippen molar-refractivity contribution in [2.45, 2.75) is 12.6 Å². The van der Waals surface area contributed by atoms with E-state index in [1.54, 1.807) is 12.1 Å². The van der Waals surface area contributed by atoms with E-state index in [0.29, 0.717) is 17.9 Å². The molecule has 0 amide bonds. The van der Waals surface area contributed by atoms with Gasteiger partial charge in [-0.05, 0) is 11.1 Å². The zero-order valence-corrected chi connectivity index (χ0v) is 11.3. The molecule has 0 aliphatic heterocycles. The number of aromatic amines is 1. The van der Waals surface area contributed by atoms with Crippen LogP contribution >= 0.6 is 0 Å². The lowest BCUT2D eigenvalue weighted by atomic mass is 10.1. The van der Waals surface area contributed by atoms with Crippen LogP contribution in [0.25, 0.3) is 0 Å². The molecular weight excluding hydrogens is 266 g/mol. The fourth-order valence-electron chi connectivity index (χ4n) is 2.24. The molecule has 3 rings (SSSR count). The first-order valence-electron chi connectivity index (χ1n) is 6.68. The van der Waals surface area contributed by atoms with Crippen molar-refractivity contribution < 1.29 is 5.11 Å². The van der Waals surface area contributed by atoms with Crippen molar-refractivity contribution in [1.82, 2.24) is 14.8 Å². The van der Waals surface area contributed by atoms with E-state index in [1.807, 2.05) is 48.5 Å². The Labute approximate surface area is 121 Å². The van der Waals surface area contributed by atoms with E-state index < -0.39 is 6.10 Å². The molecule has 0 aliphatic rings. The van der Waals surface area contributed by atoms with E-state index in [2.05, 4.69) is 10.2 Å². The molecule has 2 N–H and O–H groups in total. The lowest BCUT2D eigenvalue weighted by Gasteiger charge is -2.12. The minimum Gasteiger partial charge on any atom is -0.380 e. The standard InChI is InChI=1S/C16H15N3O2/c20-14(13-9-5-2-6-10-13)15-17-18-16(21)19(15)11-12-7-3-1-4-8-12/h1-10,14,20H,11H2,(H,18,21). The van der Waals surface area contributed by atoms with E-state index in [1.165, 1.54) is 4.57 Å². The van der Waals surface area contributed by atoms with Crippen molar-refractivity contribution in [2.75, 3.05) is 0 Å². The number of benzene rings is 2. The fourth-order valence-corrected chi connectivity index (χ4v) is 2.24. The lowest BCUT2D eigenvalue weighted by Crippen LogP contribution is -2.21. The Morgan fingerprint density at radius 2 is 1.67 bits per heavy atom. The monoisotopic (exact) mass is 281 g/mol. The summed E-state index contributed by atoms with van der Waals surface area (Å²) in [4.78, 5) is 11.9. The number of H-pyrrole nitrogens is 1. The Morgan fingerprint density at radius 3 is 2.33 bits per heavy atom. The third kappa shape index (κ3) is 2.78. The summed E-state index contributed by atoms with van der Waals surface area (Å²) in [5.41, 5.74) is 1.34. The molecule has 0 saturated carbocycles. The van der Waals surface area contributed by atoms with E-state index in [-0.39, 0.29) is 5.69 Å². The zero-order chi connectivity index (χ0) is 14.7. The van der Waals surface area contributed by atoms with Crippen LogP contribution in [0.3, 0.4) is 0 Å². The molecule has 1 aromatic heterocycles. The first-order valence-corrected chi connectivity index (χ1v) is 6.68. The minimum absolute atomic E-state index is 0.315. The maximum absolute atomic E-state index is 11.9. The van der Waals surface area contributed by atoms with Crippen molar-refractivity contribution in [3.8, 4) is 0 Å². The van der Waals surface area contributed by atoms with Crippen molar-refractivity contribution in [3.05, 3.63) is 88.1 Å². The van der Waals surface area contributed by atoms with E-state index >= 15 is 0 Å². The molecule has 0 spiro atoms. The van der Waals surface area contributed by atoms with Crippen molar-refractivity contribution >= 4 is 0 Å². The first-order chi connectivity index (χ1) is 10.3. The van der Waals surface area contributed by atoms with Crippen molar-refractivity contribution in [1.29, 1.82) is 0 Å². The molecule has 106 valence electrons. The molecule has 0 aliphatic carbocycles. The second kappa shape index (κ2) is 5.76. The van der Waals surface area contributed by atoms with E-state index in [4.69, 9.17) is 0 Å². The number of rotatable bonds is 4. The summed E-state index contributed by atoms with van der Waals surface area (Å²) in [6, 6.07) is 18.7. The van der Waals surface area contributed by atoms with Gasteiger partial charge in [-0.3, -0.25) is 4.57 Å². The highest BCUT2D eigenvalue weighted by atomic mass is 16.3. The smallest absolute Gasteiger partial charge is 0.343 e. The Hall–Kier alpha value is -2.66. The Morgan fingerprint density at radius 1 is 1.05 bits per heavy atom. The van der Waals surface area contributed by atoms with Gasteiger partial charge in [-0.15, -0.1) is 0 Å². The number of aromatic nitrogens is 3. The number of hydrogen-bond acceptors (Lipinski definition) is 3. The highest BCUT2D eigenvalue weighted by Gasteiger charge is 2.18. The fraction of sp³-hybridized carbons (Fsp3) is 0.125. The largest absolute Gasteiger partial charge is 0.380 e. The number of nitrogens with zero attached hydrogens (tertiary/aromatic N) is 2. The molecular formula is C16H15N3O2. The topological polar surface area (TPSA) is 70.9 Å². The highest BCUT2D eigenvalue weighted by Crippen LogP contribution is 2.19. The minimum atomic E-state index is -0.936. The van der Waals surface area contributed by atoms with Crippen LogP contribution in [0, 0.1) is 0 Å². The molecule has 21 heavy (non-hydrogen) atoms. The summed E-state index contributed by atoms with van der Waals surface area (Å²) in [7, 11) is 0. The van der Waals surface area contributed by atoms with Gasteiger partial charge in [-0.2, -0.15) is 5.10 Å². The first kappa shape index (κ1) is 13.3. The van der Waals surface area contributed by atoms with Gasteiger partial charge in [0, 0.05) is 0 Å². The van der Waals surface area contributed by atoms with Gasteiger partial charge in [-0.1, -0.05) is 60.7 Å². The predicted molar refractivity (Wildman–Crippen MR) is 78.9 cm³/mol. The molecule has 0 radical (unpaired) electrons. The van der Waals surface area contributed by atoms with Gasteiger partial charge in [0.2, 0.25) is 0 Å². The van der Waals surface area contributed by atoms with Gasteiger partial charge in [-0.25, -0.2) is 9.89 Å². The highest BCUT2D eigenvalue weighted by molar-refractivity contribution is 5.23. The van der Waals surface area contributed by atoms with Crippen molar-refractivity contribution in [2.24, 2.45) is 0 Å². The zero-order valence-electron chi connectivity index (χ0n) is 11.3. The van der Waals surface area contributed by atoms with Crippen LogP contribution in [0.4, 0.5) is 0 Å². The summed E-state index contributed by atoms with van der Waals surface area (Å²) in [6.07, 6.45) is -0.936. The van der Waals surface area contributed by atoms with Crippen LogP contribution < -0.4 is 5.69 Å². The van der Waals surface area contributed by atoms with Crippen LogP contribution in [0.15, 0.2) is 65.5 Å². The van der Waals surface area contributed by atoms with Gasteiger partial charge in [0.25, 0.3) is 0 Å². The van der Waals surface area contributed by atoms with Crippen LogP contribution in [0.1, 0.15) is 23.1 Å². The molecule has 5 nitrogen and oxygen atoms in total. The predicted octanol–water partition coefficient (Wildman–Crippen LogP) is 1.70.